The second-order valence-electron chi connectivity index (χ2n) is 18.8. The van der Waals surface area contributed by atoms with Crippen molar-refractivity contribution in [3.8, 4) is 5.75 Å². The Morgan fingerprint density at radius 3 is 1.99 bits per heavy atom. The Bertz CT molecular complexity index is 2010. The van der Waals surface area contributed by atoms with E-state index in [1.807, 2.05) is 0 Å². The number of nitrogens with two attached hydrogens (primary N) is 4. The minimum Gasteiger partial charge on any atom is -0.508 e. The predicted molar refractivity (Wildman–Crippen MR) is 271 cm³/mol. The van der Waals surface area contributed by atoms with Gasteiger partial charge in [0.25, 0.3) is 0 Å². The molecule has 1 saturated heterocycles. The first-order valence-electron chi connectivity index (χ1n) is 25.3. The van der Waals surface area contributed by atoms with Gasteiger partial charge in [0.15, 0.2) is 0 Å². The summed E-state index contributed by atoms with van der Waals surface area (Å²) in [6, 6.07) is -4.21. The standard InChI is InChI=1S/C48H81N13O13/c1-27(2)40(48(73)74)60-45(70)35-17-18-38(65)54-23-19-39(66)53-22-9-6-12-34(44(69)61-41(28(3)62)47(72)58-35)57-43(68)33(11-5-8-21-50)55-26-30(24-29-13-15-31(63)16-14-29)56-46(71)36(25-37(52)64)59-42(67)32(51)10-4-7-20-49/h13-16,27-28,30,32-36,40-41,55,62-63H,4-12,17-26,49-51H2,1-3H3,(H2,52,64)(H,53,66)(H,54,65)(H,56,71)(H,57,68)(H,58,72)(H,59,67)(H,60,70)(H,61,69)(H,73,74)/t28?,30?,32?,33-,34-,35-,36-,40-,41-/m0/s1. The summed E-state index contributed by atoms with van der Waals surface area (Å²) in [7, 11) is 0. The van der Waals surface area contributed by atoms with Crippen molar-refractivity contribution in [3.05, 3.63) is 29.8 Å². The lowest BCUT2D eigenvalue weighted by atomic mass is 10.0. The molecule has 0 radical (unpaired) electrons. The monoisotopic (exact) mass is 1050 g/mol. The normalized spacial score (nSPS) is 19.9. The number of aliphatic hydroxyl groups is 1. The van der Waals surface area contributed by atoms with Crippen LogP contribution in [0.2, 0.25) is 0 Å². The number of carbonyl (C=O) groups is 10. The fourth-order valence-electron chi connectivity index (χ4n) is 7.79. The number of benzene rings is 1. The summed E-state index contributed by atoms with van der Waals surface area (Å²) in [5, 5.41) is 54.3. The van der Waals surface area contributed by atoms with Gasteiger partial charge in [-0.25, -0.2) is 4.79 Å². The van der Waals surface area contributed by atoms with E-state index in [1.165, 1.54) is 19.1 Å². The Labute approximate surface area is 431 Å². The first-order valence-corrected chi connectivity index (χ1v) is 25.3. The zero-order valence-corrected chi connectivity index (χ0v) is 42.8. The number of aliphatic carboxylic acids is 1. The number of hydrogen-bond donors (Lipinski definition) is 16. The van der Waals surface area contributed by atoms with Crippen LogP contribution in [-0.2, 0) is 54.4 Å². The van der Waals surface area contributed by atoms with Gasteiger partial charge in [0.2, 0.25) is 53.2 Å². The van der Waals surface area contributed by atoms with Crippen molar-refractivity contribution in [1.29, 1.82) is 0 Å². The van der Waals surface area contributed by atoms with Crippen molar-refractivity contribution in [3.63, 3.8) is 0 Å². The molecule has 1 aromatic rings. The molecule has 1 aliphatic rings. The van der Waals surface area contributed by atoms with E-state index in [0.29, 0.717) is 44.2 Å². The number of unbranched alkanes of at least 4 members (excludes halogenated alkanes) is 2. The van der Waals surface area contributed by atoms with E-state index in [4.69, 9.17) is 22.9 Å². The van der Waals surface area contributed by atoms with Crippen LogP contribution >= 0.6 is 0 Å². The van der Waals surface area contributed by atoms with Crippen LogP contribution in [0, 0.1) is 5.92 Å². The van der Waals surface area contributed by atoms with Gasteiger partial charge >= 0.3 is 5.97 Å². The number of nitrogens with one attached hydrogen (secondary N) is 9. The first-order chi connectivity index (χ1) is 35.1. The van der Waals surface area contributed by atoms with Crippen molar-refractivity contribution in [2.24, 2.45) is 28.9 Å². The summed E-state index contributed by atoms with van der Waals surface area (Å²) in [6.07, 6.45) is 0.258. The van der Waals surface area contributed by atoms with Gasteiger partial charge in [-0.2, -0.15) is 0 Å². The summed E-state index contributed by atoms with van der Waals surface area (Å²) in [5.74, 6) is -8.88. The molecule has 74 heavy (non-hydrogen) atoms. The van der Waals surface area contributed by atoms with Crippen LogP contribution < -0.4 is 70.8 Å². The first kappa shape index (κ1) is 63.6. The molecule has 1 aromatic carbocycles. The summed E-state index contributed by atoms with van der Waals surface area (Å²) in [4.78, 5) is 132. The highest BCUT2D eigenvalue weighted by atomic mass is 16.4. The van der Waals surface area contributed by atoms with E-state index >= 15 is 0 Å². The van der Waals surface area contributed by atoms with E-state index in [1.54, 1.807) is 26.0 Å². The van der Waals surface area contributed by atoms with Crippen LogP contribution in [0.4, 0.5) is 0 Å². The molecule has 2 rings (SSSR count). The Morgan fingerprint density at radius 1 is 0.743 bits per heavy atom. The number of hydrogen-bond acceptors (Lipinski definition) is 16. The maximum atomic E-state index is 14.4. The number of aliphatic hydroxyl groups excluding tert-OH is 1. The quantitative estimate of drug-likeness (QED) is 0.0393. The number of rotatable bonds is 26. The van der Waals surface area contributed by atoms with E-state index in [2.05, 4.69) is 47.9 Å². The lowest BCUT2D eigenvalue weighted by Gasteiger charge is -2.29. The van der Waals surface area contributed by atoms with Crippen molar-refractivity contribution in [2.75, 3.05) is 32.7 Å². The lowest BCUT2D eigenvalue weighted by Crippen LogP contribution is -2.61. The average molecular weight is 1050 g/mol. The average Bonchev–Trinajstić information content (AvgIpc) is 3.33. The van der Waals surface area contributed by atoms with Crippen molar-refractivity contribution in [1.82, 2.24) is 47.9 Å². The number of phenolic OH excluding ortho intramolecular Hbond substituents is 1. The van der Waals surface area contributed by atoms with Gasteiger partial charge in [0.05, 0.1) is 24.6 Å². The zero-order valence-electron chi connectivity index (χ0n) is 42.8. The molecule has 20 N–H and O–H groups in total. The van der Waals surface area contributed by atoms with Gasteiger partial charge in [0, 0.05) is 38.5 Å². The third kappa shape index (κ3) is 24.5. The lowest BCUT2D eigenvalue weighted by molar-refractivity contribution is -0.144. The molecule has 0 bridgehead atoms. The highest BCUT2D eigenvalue weighted by molar-refractivity contribution is 5.96. The van der Waals surface area contributed by atoms with Crippen molar-refractivity contribution >= 4 is 59.1 Å². The molecule has 3 unspecified atom stereocenters. The minimum atomic E-state index is -1.73. The number of carbonyl (C=O) groups excluding carboxylic acids is 9. The summed E-state index contributed by atoms with van der Waals surface area (Å²) >= 11 is 0. The van der Waals surface area contributed by atoms with E-state index in [-0.39, 0.29) is 89.2 Å². The number of phenols is 1. The van der Waals surface area contributed by atoms with Crippen LogP contribution in [0.1, 0.15) is 110 Å². The molecule has 1 fully saturated rings. The van der Waals surface area contributed by atoms with E-state index < -0.39 is 120 Å². The molecule has 0 aromatic heterocycles. The Hall–Kier alpha value is -6.48. The van der Waals surface area contributed by atoms with Gasteiger partial charge in [-0.05, 0) is 101 Å². The maximum Gasteiger partial charge on any atom is 0.326 e. The summed E-state index contributed by atoms with van der Waals surface area (Å²) < 4.78 is 0. The van der Waals surface area contributed by atoms with Crippen LogP contribution in [0.5, 0.6) is 5.75 Å². The van der Waals surface area contributed by atoms with Crippen LogP contribution in [0.3, 0.4) is 0 Å². The summed E-state index contributed by atoms with van der Waals surface area (Å²) in [6.45, 7) is 4.99. The molecular formula is C48H81N13O13. The third-order valence-electron chi connectivity index (χ3n) is 12.1. The highest BCUT2D eigenvalue weighted by Crippen LogP contribution is 2.14. The SMILES string of the molecule is CC(C)[C@H](NC(=O)[C@@H]1CCC(=O)NCCC(=O)NCCCC[C@H](NC(=O)[C@H](CCCCN)NCC(Cc2ccc(O)cc2)NC(=O)[C@H](CC(N)=O)NC(=O)C(N)CCCCN)C(=O)N[C@@H](C(C)O)C(=O)N1)C(=O)O. The molecule has 1 aliphatic heterocycles. The molecule has 1 heterocycles. The number of aromatic hydroxyl groups is 1. The number of carboxylic acid groups (broad SMARTS) is 1. The molecule has 0 spiro atoms. The van der Waals surface area contributed by atoms with Gasteiger partial charge < -0.3 is 86.1 Å². The molecule has 9 atom stereocenters. The largest absolute Gasteiger partial charge is 0.508 e. The molecule has 0 saturated carbocycles. The summed E-state index contributed by atoms with van der Waals surface area (Å²) in [5.41, 5.74) is 23.5. The third-order valence-corrected chi connectivity index (χ3v) is 12.1. The molecule has 416 valence electrons. The molecule has 26 nitrogen and oxygen atoms in total. The van der Waals surface area contributed by atoms with Crippen LogP contribution in [0.25, 0.3) is 0 Å². The molecule has 0 aliphatic carbocycles. The zero-order chi connectivity index (χ0) is 55.3. The predicted octanol–water partition coefficient (Wildman–Crippen LogP) is -4.03. The van der Waals surface area contributed by atoms with Gasteiger partial charge in [-0.1, -0.05) is 38.8 Å². The smallest absolute Gasteiger partial charge is 0.326 e. The topological polar surface area (TPSA) is 444 Å². The maximum absolute atomic E-state index is 14.4. The van der Waals surface area contributed by atoms with Gasteiger partial charge in [-0.15, -0.1) is 0 Å². The Balaban J connectivity index is 2.50. The highest BCUT2D eigenvalue weighted by Gasteiger charge is 2.35. The Kier molecular flexibility index (Phi) is 29.3. The number of primary amides is 1. The number of carboxylic acids is 1. The van der Waals surface area contributed by atoms with Gasteiger partial charge in [0.1, 0.15) is 36.0 Å². The van der Waals surface area contributed by atoms with Crippen molar-refractivity contribution in [2.45, 2.75) is 165 Å². The minimum absolute atomic E-state index is 0.0186. The van der Waals surface area contributed by atoms with Crippen LogP contribution in [0.15, 0.2) is 24.3 Å². The van der Waals surface area contributed by atoms with Crippen molar-refractivity contribution < 1.29 is 63.3 Å². The second-order valence-corrected chi connectivity index (χ2v) is 18.8. The molecule has 26 heteroatoms. The number of amides is 9. The Morgan fingerprint density at radius 2 is 1.38 bits per heavy atom. The van der Waals surface area contributed by atoms with E-state index in [9.17, 15) is 63.3 Å². The fraction of sp³-hybridized carbons (Fsp3) is 0.667. The molecular weight excluding hydrogens is 967 g/mol. The second kappa shape index (κ2) is 34.1. The van der Waals surface area contributed by atoms with Crippen LogP contribution in [-0.4, -0.2) is 162 Å². The van der Waals surface area contributed by atoms with Gasteiger partial charge in [-0.3, -0.25) is 43.2 Å². The fourth-order valence-corrected chi connectivity index (χ4v) is 7.79. The van der Waals surface area contributed by atoms with E-state index in [0.717, 1.165) is 0 Å². The molecule has 9 amide bonds.